The summed E-state index contributed by atoms with van der Waals surface area (Å²) in [6.07, 6.45) is 5.46. The first kappa shape index (κ1) is 14.1. The van der Waals surface area contributed by atoms with Crippen molar-refractivity contribution in [2.75, 3.05) is 13.1 Å². The molecule has 2 aliphatic rings. The summed E-state index contributed by atoms with van der Waals surface area (Å²) in [6.45, 7) is 7.12. The smallest absolute Gasteiger partial charge is 0.0475 e. The van der Waals surface area contributed by atoms with Gasteiger partial charge in [-0.25, -0.2) is 0 Å². The Hall–Kier alpha value is -0.860. The highest BCUT2D eigenvalue weighted by molar-refractivity contribution is 5.20. The van der Waals surface area contributed by atoms with Gasteiger partial charge in [-0.15, -0.1) is 0 Å². The van der Waals surface area contributed by atoms with Crippen LogP contribution in [0.15, 0.2) is 30.3 Å². The third-order valence-electron chi connectivity index (χ3n) is 4.87. The van der Waals surface area contributed by atoms with Gasteiger partial charge in [0.05, 0.1) is 0 Å². The minimum absolute atomic E-state index is 0.548. The molecule has 1 aliphatic heterocycles. The molecule has 2 fully saturated rings. The van der Waals surface area contributed by atoms with Crippen LogP contribution in [-0.4, -0.2) is 30.1 Å². The Bertz CT molecular complexity index is 411. The standard InChI is InChI=1S/C18H28N2/c1-14(2)17-9-6-12-20(17)18(13-19-16-10-11-16)15-7-4-3-5-8-15/h3-5,7-8,14,16-19H,6,9-13H2,1-2H3. The third kappa shape index (κ3) is 3.24. The molecule has 1 heterocycles. The summed E-state index contributed by atoms with van der Waals surface area (Å²) >= 11 is 0. The highest BCUT2D eigenvalue weighted by atomic mass is 15.2. The molecular weight excluding hydrogens is 244 g/mol. The zero-order valence-electron chi connectivity index (χ0n) is 12.9. The molecule has 0 amide bonds. The van der Waals surface area contributed by atoms with Gasteiger partial charge in [0.25, 0.3) is 0 Å². The normalized spacial score (nSPS) is 25.2. The molecular formula is C18H28N2. The molecule has 1 aromatic rings. The van der Waals surface area contributed by atoms with E-state index in [1.165, 1.54) is 37.8 Å². The van der Waals surface area contributed by atoms with Crippen LogP contribution in [-0.2, 0) is 0 Å². The predicted molar refractivity (Wildman–Crippen MR) is 84.8 cm³/mol. The van der Waals surface area contributed by atoms with E-state index < -0.39 is 0 Å². The fourth-order valence-electron chi connectivity index (χ4n) is 3.59. The number of hydrogen-bond donors (Lipinski definition) is 1. The first-order valence-corrected chi connectivity index (χ1v) is 8.30. The number of benzene rings is 1. The lowest BCUT2D eigenvalue weighted by molar-refractivity contribution is 0.143. The summed E-state index contributed by atoms with van der Waals surface area (Å²) in [4.78, 5) is 2.76. The van der Waals surface area contributed by atoms with Crippen molar-refractivity contribution >= 4 is 0 Å². The molecule has 0 aromatic heterocycles. The van der Waals surface area contributed by atoms with E-state index in [4.69, 9.17) is 0 Å². The lowest BCUT2D eigenvalue weighted by Crippen LogP contribution is -2.41. The second-order valence-corrected chi connectivity index (χ2v) is 6.80. The summed E-state index contributed by atoms with van der Waals surface area (Å²) in [6, 6.07) is 13.2. The van der Waals surface area contributed by atoms with Gasteiger partial charge in [-0.2, -0.15) is 0 Å². The van der Waals surface area contributed by atoms with Gasteiger partial charge in [-0.1, -0.05) is 44.2 Å². The van der Waals surface area contributed by atoms with Crippen LogP contribution in [0.3, 0.4) is 0 Å². The number of nitrogens with one attached hydrogen (secondary N) is 1. The van der Waals surface area contributed by atoms with Crippen LogP contribution in [0.25, 0.3) is 0 Å². The number of hydrogen-bond acceptors (Lipinski definition) is 2. The van der Waals surface area contributed by atoms with Crippen LogP contribution in [0.4, 0.5) is 0 Å². The van der Waals surface area contributed by atoms with Gasteiger partial charge in [-0.05, 0) is 43.7 Å². The quantitative estimate of drug-likeness (QED) is 0.851. The van der Waals surface area contributed by atoms with Gasteiger partial charge in [0.2, 0.25) is 0 Å². The molecule has 2 nitrogen and oxygen atoms in total. The minimum Gasteiger partial charge on any atom is -0.312 e. The lowest BCUT2D eigenvalue weighted by atomic mass is 9.98. The van der Waals surface area contributed by atoms with Crippen molar-refractivity contribution < 1.29 is 0 Å². The van der Waals surface area contributed by atoms with Crippen molar-refractivity contribution in [1.29, 1.82) is 0 Å². The Labute approximate surface area is 123 Å². The van der Waals surface area contributed by atoms with Crippen molar-refractivity contribution in [3.05, 3.63) is 35.9 Å². The number of nitrogens with zero attached hydrogens (tertiary/aromatic N) is 1. The molecule has 0 radical (unpaired) electrons. The van der Waals surface area contributed by atoms with Gasteiger partial charge < -0.3 is 5.32 Å². The first-order chi connectivity index (χ1) is 9.75. The van der Waals surface area contributed by atoms with Crippen molar-refractivity contribution in [2.24, 2.45) is 5.92 Å². The van der Waals surface area contributed by atoms with E-state index in [2.05, 4.69) is 54.4 Å². The van der Waals surface area contributed by atoms with Gasteiger partial charge >= 0.3 is 0 Å². The van der Waals surface area contributed by atoms with Gasteiger partial charge in [0, 0.05) is 24.7 Å². The zero-order chi connectivity index (χ0) is 13.9. The number of likely N-dealkylation sites (tertiary alicyclic amines) is 1. The summed E-state index contributed by atoms with van der Waals surface area (Å²) < 4.78 is 0. The van der Waals surface area contributed by atoms with Crippen LogP contribution in [0.1, 0.15) is 51.1 Å². The second kappa shape index (κ2) is 6.28. The maximum absolute atomic E-state index is 3.75. The maximum Gasteiger partial charge on any atom is 0.0475 e. The maximum atomic E-state index is 3.75. The van der Waals surface area contributed by atoms with E-state index >= 15 is 0 Å². The first-order valence-electron chi connectivity index (χ1n) is 8.30. The Morgan fingerprint density at radius 1 is 1.15 bits per heavy atom. The Morgan fingerprint density at radius 3 is 2.55 bits per heavy atom. The van der Waals surface area contributed by atoms with Crippen LogP contribution in [0.5, 0.6) is 0 Å². The molecule has 3 rings (SSSR count). The highest BCUT2D eigenvalue weighted by Gasteiger charge is 2.34. The summed E-state index contributed by atoms with van der Waals surface area (Å²) in [5.74, 6) is 0.754. The van der Waals surface area contributed by atoms with Crippen molar-refractivity contribution in [2.45, 2.75) is 57.7 Å². The summed E-state index contributed by atoms with van der Waals surface area (Å²) in [5.41, 5.74) is 1.48. The molecule has 1 saturated carbocycles. The van der Waals surface area contributed by atoms with Gasteiger partial charge in [0.1, 0.15) is 0 Å². The average molecular weight is 272 g/mol. The molecule has 0 bridgehead atoms. The van der Waals surface area contributed by atoms with E-state index in [0.717, 1.165) is 24.5 Å². The molecule has 0 spiro atoms. The molecule has 110 valence electrons. The number of rotatable bonds is 6. The molecule has 1 N–H and O–H groups in total. The fraction of sp³-hybridized carbons (Fsp3) is 0.667. The predicted octanol–water partition coefficient (Wildman–Crippen LogP) is 3.60. The molecule has 2 heteroatoms. The minimum atomic E-state index is 0.548. The lowest BCUT2D eigenvalue weighted by Gasteiger charge is -2.35. The third-order valence-corrected chi connectivity index (χ3v) is 4.87. The summed E-state index contributed by atoms with van der Waals surface area (Å²) in [5, 5.41) is 3.75. The van der Waals surface area contributed by atoms with Gasteiger partial charge in [-0.3, -0.25) is 4.90 Å². The topological polar surface area (TPSA) is 15.3 Å². The van der Waals surface area contributed by atoms with E-state index in [-0.39, 0.29) is 0 Å². The Kier molecular flexibility index (Phi) is 4.42. The highest BCUT2D eigenvalue weighted by Crippen LogP contribution is 2.33. The fourth-order valence-corrected chi connectivity index (χ4v) is 3.59. The van der Waals surface area contributed by atoms with Crippen molar-refractivity contribution in [1.82, 2.24) is 10.2 Å². The van der Waals surface area contributed by atoms with E-state index in [0.29, 0.717) is 6.04 Å². The van der Waals surface area contributed by atoms with Crippen molar-refractivity contribution in [3.8, 4) is 0 Å². The SMILES string of the molecule is CC(C)C1CCCN1C(CNC1CC1)c1ccccc1. The monoisotopic (exact) mass is 272 g/mol. The van der Waals surface area contributed by atoms with Gasteiger partial charge in [0.15, 0.2) is 0 Å². The molecule has 20 heavy (non-hydrogen) atoms. The van der Waals surface area contributed by atoms with Crippen LogP contribution in [0.2, 0.25) is 0 Å². The molecule has 1 aliphatic carbocycles. The zero-order valence-corrected chi connectivity index (χ0v) is 12.9. The van der Waals surface area contributed by atoms with E-state index in [1.807, 2.05) is 0 Å². The van der Waals surface area contributed by atoms with Crippen LogP contribution >= 0.6 is 0 Å². The summed E-state index contributed by atoms with van der Waals surface area (Å²) in [7, 11) is 0. The van der Waals surface area contributed by atoms with Crippen LogP contribution in [0, 0.1) is 5.92 Å². The second-order valence-electron chi connectivity index (χ2n) is 6.80. The molecule has 1 saturated heterocycles. The van der Waals surface area contributed by atoms with Crippen LogP contribution < -0.4 is 5.32 Å². The Morgan fingerprint density at radius 2 is 1.90 bits per heavy atom. The largest absolute Gasteiger partial charge is 0.312 e. The van der Waals surface area contributed by atoms with E-state index in [1.54, 1.807) is 0 Å². The average Bonchev–Trinajstić information content (AvgIpc) is 3.15. The van der Waals surface area contributed by atoms with Crippen molar-refractivity contribution in [3.63, 3.8) is 0 Å². The Balaban J connectivity index is 1.76. The molecule has 2 atom stereocenters. The van der Waals surface area contributed by atoms with E-state index in [9.17, 15) is 0 Å². The molecule has 1 aromatic carbocycles. The molecule has 2 unspecified atom stereocenters.